The summed E-state index contributed by atoms with van der Waals surface area (Å²) in [6, 6.07) is 0. The lowest BCUT2D eigenvalue weighted by Gasteiger charge is -2.32. The Bertz CT molecular complexity index is 632. The summed E-state index contributed by atoms with van der Waals surface area (Å²) in [5, 5.41) is 1.55. The largest absolute Gasteiger partial charge is 0.367 e. The fraction of sp³-hybridized carbons (Fsp3) is 0.571. The molecule has 0 saturated carbocycles. The number of hydrogen-bond donors (Lipinski definition) is 0. The van der Waals surface area contributed by atoms with Crippen LogP contribution in [0.3, 0.4) is 0 Å². The third kappa shape index (κ3) is 2.16. The Morgan fingerprint density at radius 1 is 1.26 bits per heavy atom. The fourth-order valence-corrected chi connectivity index (χ4v) is 3.94. The van der Waals surface area contributed by atoms with Crippen LogP contribution in [0.2, 0.25) is 5.15 Å². The Hall–Kier alpha value is -0.710. The number of ether oxygens (including phenoxy) is 1. The Kier molecular flexibility index (Phi) is 3.28. The van der Waals surface area contributed by atoms with E-state index >= 15 is 0 Å². The quantitative estimate of drug-likeness (QED) is 0.733. The van der Waals surface area contributed by atoms with E-state index in [2.05, 4.69) is 25.8 Å². The zero-order valence-corrected chi connectivity index (χ0v) is 13.0. The Labute approximate surface area is 122 Å². The minimum absolute atomic E-state index is 0.387. The molecule has 0 amide bonds. The Morgan fingerprint density at radius 3 is 2.74 bits per heavy atom. The van der Waals surface area contributed by atoms with Gasteiger partial charge in [-0.1, -0.05) is 11.6 Å². The SMILES string of the molecule is Cc1sc2nc(C3(C)CCCCO3)nc(Cl)c2c1C. The molecule has 1 fully saturated rings. The molecule has 5 heteroatoms. The summed E-state index contributed by atoms with van der Waals surface area (Å²) in [6.45, 7) is 7.01. The smallest absolute Gasteiger partial charge is 0.163 e. The maximum Gasteiger partial charge on any atom is 0.163 e. The zero-order valence-electron chi connectivity index (χ0n) is 11.4. The molecule has 1 unspecified atom stereocenters. The van der Waals surface area contributed by atoms with E-state index in [4.69, 9.17) is 21.3 Å². The molecule has 0 spiro atoms. The van der Waals surface area contributed by atoms with E-state index < -0.39 is 0 Å². The van der Waals surface area contributed by atoms with Crippen molar-refractivity contribution in [3.8, 4) is 0 Å². The average Bonchev–Trinajstić information content (AvgIpc) is 2.66. The fourth-order valence-electron chi connectivity index (χ4n) is 2.55. The highest BCUT2D eigenvalue weighted by Crippen LogP contribution is 2.38. The predicted octanol–water partition coefficient (Wildman–Crippen LogP) is 4.38. The van der Waals surface area contributed by atoms with Crippen LogP contribution in [0.5, 0.6) is 0 Å². The molecule has 0 N–H and O–H groups in total. The first-order chi connectivity index (χ1) is 9.01. The second-order valence-corrected chi connectivity index (χ2v) is 6.90. The molecular weight excluding hydrogens is 280 g/mol. The van der Waals surface area contributed by atoms with Gasteiger partial charge in [0.2, 0.25) is 0 Å². The molecule has 1 atom stereocenters. The van der Waals surface area contributed by atoms with Gasteiger partial charge in [-0.2, -0.15) is 0 Å². The van der Waals surface area contributed by atoms with Gasteiger partial charge in [0.25, 0.3) is 0 Å². The molecule has 19 heavy (non-hydrogen) atoms. The van der Waals surface area contributed by atoms with Crippen LogP contribution in [-0.2, 0) is 10.3 Å². The van der Waals surface area contributed by atoms with Crippen molar-refractivity contribution < 1.29 is 4.74 Å². The van der Waals surface area contributed by atoms with Gasteiger partial charge in [-0.3, -0.25) is 0 Å². The van der Waals surface area contributed by atoms with Gasteiger partial charge in [-0.25, -0.2) is 9.97 Å². The first-order valence-electron chi connectivity index (χ1n) is 6.59. The van der Waals surface area contributed by atoms with Crippen LogP contribution in [-0.4, -0.2) is 16.6 Å². The third-order valence-corrected chi connectivity index (χ3v) is 5.30. The summed E-state index contributed by atoms with van der Waals surface area (Å²) in [4.78, 5) is 11.4. The van der Waals surface area contributed by atoms with Gasteiger partial charge in [-0.05, 0) is 45.6 Å². The highest BCUT2D eigenvalue weighted by molar-refractivity contribution is 7.18. The van der Waals surface area contributed by atoms with Gasteiger partial charge in [0, 0.05) is 11.5 Å². The Balaban J connectivity index is 2.15. The van der Waals surface area contributed by atoms with E-state index in [0.29, 0.717) is 5.15 Å². The van der Waals surface area contributed by atoms with Crippen molar-refractivity contribution >= 4 is 33.2 Å². The standard InChI is InChI=1S/C14H17ClN2OS/c1-8-9(2)19-12-10(8)11(15)16-13(17-12)14(3)6-4-5-7-18-14/h4-7H2,1-3H3. The highest BCUT2D eigenvalue weighted by Gasteiger charge is 2.34. The van der Waals surface area contributed by atoms with Crippen molar-refractivity contribution in [2.45, 2.75) is 45.6 Å². The van der Waals surface area contributed by atoms with Gasteiger partial charge in [0.1, 0.15) is 15.6 Å². The van der Waals surface area contributed by atoms with Crippen molar-refractivity contribution in [3.05, 3.63) is 21.4 Å². The number of hydrogen-bond acceptors (Lipinski definition) is 4. The lowest BCUT2D eigenvalue weighted by molar-refractivity contribution is -0.0758. The number of aromatic nitrogens is 2. The van der Waals surface area contributed by atoms with Crippen LogP contribution in [0, 0.1) is 13.8 Å². The molecule has 3 rings (SSSR count). The minimum Gasteiger partial charge on any atom is -0.367 e. The maximum atomic E-state index is 6.36. The summed E-state index contributed by atoms with van der Waals surface area (Å²) in [6.07, 6.45) is 3.22. The van der Waals surface area contributed by atoms with Gasteiger partial charge in [-0.15, -0.1) is 11.3 Å². The lowest BCUT2D eigenvalue weighted by Crippen LogP contribution is -2.32. The van der Waals surface area contributed by atoms with E-state index in [-0.39, 0.29) is 5.60 Å². The number of nitrogens with zero attached hydrogens (tertiary/aromatic N) is 2. The van der Waals surface area contributed by atoms with Crippen molar-refractivity contribution in [1.29, 1.82) is 0 Å². The molecule has 0 bridgehead atoms. The molecule has 0 aromatic carbocycles. The van der Waals surface area contributed by atoms with E-state index in [1.54, 1.807) is 11.3 Å². The molecule has 1 aliphatic rings. The molecule has 102 valence electrons. The van der Waals surface area contributed by atoms with E-state index in [1.165, 1.54) is 10.4 Å². The van der Waals surface area contributed by atoms with Crippen LogP contribution < -0.4 is 0 Å². The van der Waals surface area contributed by atoms with Gasteiger partial charge in [0.15, 0.2) is 5.82 Å². The number of halogens is 1. The van der Waals surface area contributed by atoms with Crippen LogP contribution in [0.1, 0.15) is 42.5 Å². The number of fused-ring (bicyclic) bond motifs is 1. The topological polar surface area (TPSA) is 35.0 Å². The third-order valence-electron chi connectivity index (χ3n) is 3.93. The molecule has 3 nitrogen and oxygen atoms in total. The van der Waals surface area contributed by atoms with Crippen LogP contribution >= 0.6 is 22.9 Å². The average molecular weight is 297 g/mol. The van der Waals surface area contributed by atoms with E-state index in [0.717, 1.165) is 41.9 Å². The van der Waals surface area contributed by atoms with E-state index in [9.17, 15) is 0 Å². The van der Waals surface area contributed by atoms with Gasteiger partial charge < -0.3 is 4.74 Å². The molecule has 1 aliphatic heterocycles. The molecular formula is C14H17ClN2OS. The van der Waals surface area contributed by atoms with Crippen molar-refractivity contribution in [1.82, 2.24) is 9.97 Å². The maximum absolute atomic E-state index is 6.36. The second-order valence-electron chi connectivity index (χ2n) is 5.34. The van der Waals surface area contributed by atoms with Crippen LogP contribution in [0.25, 0.3) is 10.2 Å². The molecule has 1 saturated heterocycles. The number of thiophene rings is 1. The summed E-state index contributed by atoms with van der Waals surface area (Å²) in [7, 11) is 0. The van der Waals surface area contributed by atoms with Crippen molar-refractivity contribution in [2.24, 2.45) is 0 Å². The van der Waals surface area contributed by atoms with Crippen LogP contribution in [0.4, 0.5) is 0 Å². The summed E-state index contributed by atoms with van der Waals surface area (Å²) < 4.78 is 5.91. The van der Waals surface area contributed by atoms with Crippen molar-refractivity contribution in [3.63, 3.8) is 0 Å². The zero-order chi connectivity index (χ0) is 13.6. The molecule has 3 heterocycles. The first kappa shape index (κ1) is 13.3. The lowest BCUT2D eigenvalue weighted by atomic mass is 9.95. The Morgan fingerprint density at radius 2 is 2.05 bits per heavy atom. The monoisotopic (exact) mass is 296 g/mol. The minimum atomic E-state index is -0.387. The second kappa shape index (κ2) is 4.69. The molecule has 2 aromatic rings. The molecule has 2 aromatic heterocycles. The van der Waals surface area contributed by atoms with Gasteiger partial charge in [0.05, 0.1) is 5.39 Å². The number of aryl methyl sites for hydroxylation is 2. The molecule has 0 aliphatic carbocycles. The summed E-state index contributed by atoms with van der Waals surface area (Å²) >= 11 is 8.04. The highest BCUT2D eigenvalue weighted by atomic mass is 35.5. The summed E-state index contributed by atoms with van der Waals surface area (Å²) in [5.41, 5.74) is 0.799. The van der Waals surface area contributed by atoms with Crippen LogP contribution in [0.15, 0.2) is 0 Å². The van der Waals surface area contributed by atoms with Crippen molar-refractivity contribution in [2.75, 3.05) is 6.61 Å². The van der Waals surface area contributed by atoms with Gasteiger partial charge >= 0.3 is 0 Å². The molecule has 0 radical (unpaired) electrons. The number of rotatable bonds is 1. The van der Waals surface area contributed by atoms with E-state index in [1.807, 2.05) is 0 Å². The predicted molar refractivity (Wildman–Crippen MR) is 79.1 cm³/mol. The normalized spacial score (nSPS) is 24.0. The first-order valence-corrected chi connectivity index (χ1v) is 7.78. The summed E-state index contributed by atoms with van der Waals surface area (Å²) in [5.74, 6) is 0.728.